The van der Waals surface area contributed by atoms with Crippen molar-refractivity contribution in [3.05, 3.63) is 46.9 Å². The summed E-state index contributed by atoms with van der Waals surface area (Å²) in [5.74, 6) is 0.692. The minimum absolute atomic E-state index is 0.179. The van der Waals surface area contributed by atoms with Gasteiger partial charge in [-0.1, -0.05) is 23.7 Å². The van der Waals surface area contributed by atoms with Crippen LogP contribution in [0.2, 0.25) is 5.15 Å². The number of nitrogen functional groups attached to an aromatic ring is 1. The van der Waals surface area contributed by atoms with Gasteiger partial charge in [0.25, 0.3) is 0 Å². The minimum atomic E-state index is -0.209. The lowest BCUT2D eigenvalue weighted by Gasteiger charge is -2.19. The van der Waals surface area contributed by atoms with Crippen molar-refractivity contribution in [1.29, 1.82) is 0 Å². The SMILES string of the molecule is CN(CCCC1CC(c2ccc(F)cc2)NN1)c1cc(Cl)nc(N)n1. The van der Waals surface area contributed by atoms with Gasteiger partial charge in [0.05, 0.1) is 0 Å². The molecule has 0 saturated carbocycles. The zero-order chi connectivity index (χ0) is 17.8. The molecule has 2 unspecified atom stereocenters. The van der Waals surface area contributed by atoms with E-state index in [2.05, 4.69) is 20.8 Å². The summed E-state index contributed by atoms with van der Waals surface area (Å²) in [4.78, 5) is 10.1. The number of nitrogens with zero attached hydrogens (tertiary/aromatic N) is 3. The average molecular weight is 365 g/mol. The van der Waals surface area contributed by atoms with Crippen molar-refractivity contribution in [2.24, 2.45) is 0 Å². The van der Waals surface area contributed by atoms with Crippen molar-refractivity contribution >= 4 is 23.4 Å². The normalized spacial score (nSPS) is 20.0. The van der Waals surface area contributed by atoms with Gasteiger partial charge in [-0.15, -0.1) is 0 Å². The second-order valence-electron chi connectivity index (χ2n) is 6.30. The molecule has 0 spiro atoms. The summed E-state index contributed by atoms with van der Waals surface area (Å²) in [6.45, 7) is 0.839. The largest absolute Gasteiger partial charge is 0.368 e. The Morgan fingerprint density at radius 2 is 2.04 bits per heavy atom. The molecule has 2 aromatic rings. The van der Waals surface area contributed by atoms with Gasteiger partial charge in [0.1, 0.15) is 16.8 Å². The van der Waals surface area contributed by atoms with Crippen molar-refractivity contribution in [3.63, 3.8) is 0 Å². The Hall–Kier alpha value is -1.96. The lowest BCUT2D eigenvalue weighted by Crippen LogP contribution is -2.31. The second-order valence-corrected chi connectivity index (χ2v) is 6.68. The first-order valence-corrected chi connectivity index (χ1v) is 8.67. The Labute approximate surface area is 151 Å². The van der Waals surface area contributed by atoms with E-state index in [1.54, 1.807) is 6.07 Å². The van der Waals surface area contributed by atoms with E-state index in [0.29, 0.717) is 11.2 Å². The minimum Gasteiger partial charge on any atom is -0.368 e. The molecule has 1 aromatic heterocycles. The monoisotopic (exact) mass is 364 g/mol. The lowest BCUT2D eigenvalue weighted by molar-refractivity contribution is 0.502. The molecule has 0 aliphatic carbocycles. The van der Waals surface area contributed by atoms with Gasteiger partial charge >= 0.3 is 0 Å². The van der Waals surface area contributed by atoms with Crippen molar-refractivity contribution in [1.82, 2.24) is 20.8 Å². The molecule has 1 saturated heterocycles. The maximum atomic E-state index is 13.0. The number of halogens is 2. The summed E-state index contributed by atoms with van der Waals surface area (Å²) in [5, 5.41) is 0.346. The van der Waals surface area contributed by atoms with E-state index in [-0.39, 0.29) is 17.8 Å². The first-order valence-electron chi connectivity index (χ1n) is 8.29. The van der Waals surface area contributed by atoms with Gasteiger partial charge in [-0.05, 0) is 37.0 Å². The number of hydrazine groups is 1. The van der Waals surface area contributed by atoms with Crippen LogP contribution < -0.4 is 21.5 Å². The number of hydrogen-bond donors (Lipinski definition) is 3. The number of nitrogens with two attached hydrogens (primary N) is 1. The molecule has 0 radical (unpaired) electrons. The van der Waals surface area contributed by atoms with Crippen LogP contribution in [0.25, 0.3) is 0 Å². The van der Waals surface area contributed by atoms with E-state index < -0.39 is 0 Å². The predicted molar refractivity (Wildman–Crippen MR) is 97.8 cm³/mol. The van der Waals surface area contributed by atoms with Crippen LogP contribution in [-0.2, 0) is 0 Å². The van der Waals surface area contributed by atoms with Crippen LogP contribution in [0.3, 0.4) is 0 Å². The molecule has 1 fully saturated rings. The van der Waals surface area contributed by atoms with Crippen LogP contribution >= 0.6 is 11.6 Å². The van der Waals surface area contributed by atoms with Crippen molar-refractivity contribution < 1.29 is 4.39 Å². The highest BCUT2D eigenvalue weighted by Gasteiger charge is 2.24. The Bertz CT molecular complexity index is 691. The van der Waals surface area contributed by atoms with E-state index in [0.717, 1.165) is 37.2 Å². The Morgan fingerprint density at radius 3 is 2.76 bits per heavy atom. The van der Waals surface area contributed by atoms with Gasteiger partial charge in [0, 0.05) is 31.7 Å². The molecule has 1 aromatic carbocycles. The molecule has 0 amide bonds. The second kappa shape index (κ2) is 7.95. The summed E-state index contributed by atoms with van der Waals surface area (Å²) in [5.41, 5.74) is 13.3. The third-order valence-electron chi connectivity index (χ3n) is 4.39. The molecule has 2 atom stereocenters. The molecular weight excluding hydrogens is 343 g/mol. The van der Waals surface area contributed by atoms with E-state index in [1.165, 1.54) is 12.1 Å². The van der Waals surface area contributed by atoms with Gasteiger partial charge in [-0.2, -0.15) is 4.98 Å². The van der Waals surface area contributed by atoms with Gasteiger partial charge in [0.15, 0.2) is 0 Å². The smallest absolute Gasteiger partial charge is 0.223 e. The summed E-state index contributed by atoms with van der Waals surface area (Å²) in [7, 11) is 1.96. The molecule has 1 aliphatic heterocycles. The highest BCUT2D eigenvalue weighted by atomic mass is 35.5. The van der Waals surface area contributed by atoms with Crippen molar-refractivity contribution in [3.8, 4) is 0 Å². The fourth-order valence-electron chi connectivity index (χ4n) is 3.03. The Kier molecular flexibility index (Phi) is 5.67. The zero-order valence-electron chi connectivity index (χ0n) is 14.0. The fraction of sp³-hybridized carbons (Fsp3) is 0.412. The lowest BCUT2D eigenvalue weighted by atomic mass is 10.00. The average Bonchev–Trinajstić information content (AvgIpc) is 3.03. The first-order chi connectivity index (χ1) is 12.0. The molecule has 4 N–H and O–H groups in total. The number of hydrogen-bond acceptors (Lipinski definition) is 6. The predicted octanol–water partition coefficient (Wildman–Crippen LogP) is 2.68. The summed E-state index contributed by atoms with van der Waals surface area (Å²) in [6, 6.07) is 8.95. The number of anilines is 2. The zero-order valence-corrected chi connectivity index (χ0v) is 14.8. The molecule has 0 bridgehead atoms. The highest BCUT2D eigenvalue weighted by molar-refractivity contribution is 6.29. The first kappa shape index (κ1) is 17.8. The Balaban J connectivity index is 1.45. The number of aromatic nitrogens is 2. The quantitative estimate of drug-likeness (QED) is 0.684. The molecule has 25 heavy (non-hydrogen) atoms. The fourth-order valence-corrected chi connectivity index (χ4v) is 3.22. The third-order valence-corrected chi connectivity index (χ3v) is 4.58. The van der Waals surface area contributed by atoms with Gasteiger partial charge in [0.2, 0.25) is 5.95 Å². The van der Waals surface area contributed by atoms with Crippen LogP contribution in [0.15, 0.2) is 30.3 Å². The summed E-state index contributed by atoms with van der Waals surface area (Å²) < 4.78 is 13.0. The van der Waals surface area contributed by atoms with Gasteiger partial charge in [-0.25, -0.2) is 9.37 Å². The highest BCUT2D eigenvalue weighted by Crippen LogP contribution is 2.24. The van der Waals surface area contributed by atoms with E-state index in [1.807, 2.05) is 24.1 Å². The third kappa shape index (κ3) is 4.78. The van der Waals surface area contributed by atoms with Crippen LogP contribution in [-0.4, -0.2) is 29.6 Å². The van der Waals surface area contributed by atoms with Crippen LogP contribution in [0.4, 0.5) is 16.2 Å². The number of nitrogens with one attached hydrogen (secondary N) is 2. The van der Waals surface area contributed by atoms with E-state index in [4.69, 9.17) is 17.3 Å². The Morgan fingerprint density at radius 1 is 1.28 bits per heavy atom. The maximum Gasteiger partial charge on any atom is 0.223 e. The van der Waals surface area contributed by atoms with Gasteiger partial charge < -0.3 is 10.6 Å². The number of rotatable bonds is 6. The summed E-state index contributed by atoms with van der Waals surface area (Å²) >= 11 is 5.92. The molecule has 2 heterocycles. The van der Waals surface area contributed by atoms with Crippen LogP contribution in [0.1, 0.15) is 30.9 Å². The molecular formula is C17H22ClFN6. The maximum absolute atomic E-state index is 13.0. The van der Waals surface area contributed by atoms with Crippen LogP contribution in [0.5, 0.6) is 0 Å². The molecule has 134 valence electrons. The topological polar surface area (TPSA) is 79.1 Å². The van der Waals surface area contributed by atoms with Crippen molar-refractivity contribution in [2.75, 3.05) is 24.2 Å². The molecule has 3 rings (SSSR count). The summed E-state index contributed by atoms with van der Waals surface area (Å²) in [6.07, 6.45) is 2.98. The van der Waals surface area contributed by atoms with Crippen molar-refractivity contribution in [2.45, 2.75) is 31.3 Å². The molecule has 8 heteroatoms. The van der Waals surface area contributed by atoms with Gasteiger partial charge in [-0.3, -0.25) is 10.9 Å². The van der Waals surface area contributed by atoms with E-state index >= 15 is 0 Å². The molecule has 1 aliphatic rings. The van der Waals surface area contributed by atoms with Crippen LogP contribution in [0, 0.1) is 5.82 Å². The molecule has 6 nitrogen and oxygen atoms in total. The standard InChI is InChI=1S/C17H22ClFN6/c1-25(16-10-15(18)21-17(20)22-16)8-2-3-13-9-14(24-23-13)11-4-6-12(19)7-5-11/h4-7,10,13-14,23-24H,2-3,8-9H2,1H3,(H2,20,21,22). The van der Waals surface area contributed by atoms with E-state index in [9.17, 15) is 4.39 Å². The number of benzene rings is 1.